The molecule has 2 aromatic heterocycles. The molecule has 1 N–H and O–H groups in total. The van der Waals surface area contributed by atoms with Crippen LogP contribution in [0.15, 0.2) is 84.0 Å². The third-order valence-corrected chi connectivity index (χ3v) is 7.71. The average Bonchev–Trinajstić information content (AvgIpc) is 3.65. The van der Waals surface area contributed by atoms with E-state index in [2.05, 4.69) is 65.8 Å². The lowest BCUT2D eigenvalue weighted by Gasteiger charge is -2.22. The molecule has 0 radical (unpaired) electrons. The Labute approximate surface area is 251 Å². The van der Waals surface area contributed by atoms with Crippen LogP contribution in [0, 0.1) is 13.8 Å². The van der Waals surface area contributed by atoms with Crippen molar-refractivity contribution < 1.29 is 9.53 Å². The summed E-state index contributed by atoms with van der Waals surface area (Å²) in [7, 11) is 1.38. The highest BCUT2D eigenvalue weighted by Crippen LogP contribution is 2.30. The van der Waals surface area contributed by atoms with Crippen molar-refractivity contribution >= 4 is 28.7 Å². The zero-order valence-corrected chi connectivity index (χ0v) is 24.8. The van der Waals surface area contributed by atoms with Crippen LogP contribution in [0.4, 0.5) is 5.69 Å². The van der Waals surface area contributed by atoms with Gasteiger partial charge < -0.3 is 19.8 Å². The van der Waals surface area contributed by atoms with Crippen LogP contribution in [0.5, 0.6) is 0 Å². The molecule has 1 aliphatic heterocycles. The number of imidazole rings is 1. The number of hydrazone groups is 1. The Morgan fingerprint density at radius 3 is 2.44 bits per heavy atom. The molecule has 0 unspecified atom stereocenters. The van der Waals surface area contributed by atoms with Crippen molar-refractivity contribution in [3.8, 4) is 11.1 Å². The fourth-order valence-corrected chi connectivity index (χ4v) is 5.35. The molecule has 0 fully saturated rings. The molecule has 9 heteroatoms. The van der Waals surface area contributed by atoms with Gasteiger partial charge in [-0.25, -0.2) is 20.3 Å². The fourth-order valence-electron chi connectivity index (χ4n) is 5.35. The summed E-state index contributed by atoms with van der Waals surface area (Å²) in [5.41, 5.74) is 16.4. The summed E-state index contributed by atoms with van der Waals surface area (Å²) in [6, 6.07) is 26.6. The number of nitrogens with one attached hydrogen (secondary N) is 1. The number of ether oxygens (including phenoxy) is 1. The number of benzene rings is 3. The number of hydrogen-bond acceptors (Lipinski definition) is 7. The molecule has 0 atom stereocenters. The molecule has 0 spiro atoms. The molecule has 218 valence electrons. The molecule has 6 rings (SSSR count). The summed E-state index contributed by atoms with van der Waals surface area (Å²) >= 11 is 0. The van der Waals surface area contributed by atoms with E-state index < -0.39 is 5.97 Å². The van der Waals surface area contributed by atoms with E-state index in [-0.39, 0.29) is 0 Å². The number of carbonyl (C=O) groups excluding carboxylic acids is 1. The van der Waals surface area contributed by atoms with Gasteiger partial charge >= 0.3 is 5.97 Å². The quantitative estimate of drug-likeness (QED) is 0.194. The largest absolute Gasteiger partial charge is 0.465 e. The standard InChI is InChI=1S/C34H34N7O2/c1-5-6-15-31-36-29-20-28(34(42)43-4)23(3)35-33(29)40(31)21-24-16-18-25(19-17-24)26-12-8-9-13-27(26)32-37-39-41(38-32)30-14-10-7-11-22(30)2/h7-14,16-20,39H,5-6,15,21H2,1-4H3/q-1. The highest BCUT2D eigenvalue weighted by molar-refractivity contribution is 6.13. The molecule has 0 amide bonds. The maximum absolute atomic E-state index is 12.3. The molecule has 3 aromatic carbocycles. The number of nitrogens with zero attached hydrogens (tertiary/aromatic N) is 6. The minimum atomic E-state index is -0.400. The minimum absolute atomic E-state index is 0.400. The van der Waals surface area contributed by atoms with Crippen molar-refractivity contribution in [1.29, 1.82) is 0 Å². The summed E-state index contributed by atoms with van der Waals surface area (Å²) in [6.07, 6.45) is 2.92. The summed E-state index contributed by atoms with van der Waals surface area (Å²) in [6.45, 7) is 6.68. The second-order valence-corrected chi connectivity index (χ2v) is 10.6. The molecule has 0 bridgehead atoms. The lowest BCUT2D eigenvalue weighted by Crippen LogP contribution is -2.25. The van der Waals surface area contributed by atoms with Crippen molar-refractivity contribution in [1.82, 2.24) is 20.1 Å². The zero-order valence-electron chi connectivity index (χ0n) is 24.8. The minimum Gasteiger partial charge on any atom is -0.465 e. The van der Waals surface area contributed by atoms with Crippen molar-refractivity contribution in [2.24, 2.45) is 5.10 Å². The van der Waals surface area contributed by atoms with Crippen LogP contribution in [0.25, 0.3) is 27.7 Å². The molecule has 0 saturated heterocycles. The third kappa shape index (κ3) is 5.59. The SMILES string of the molecule is CCCCc1nc2cc(C(=O)OC)c(C)nc2n1Cc1ccc(-c2ccccc2C2=NN(c3ccccc3C)N[N-]2)cc1. The lowest BCUT2D eigenvalue weighted by atomic mass is 9.98. The van der Waals surface area contributed by atoms with E-state index in [0.717, 1.165) is 64.2 Å². The van der Waals surface area contributed by atoms with Gasteiger partial charge in [-0.1, -0.05) is 80.1 Å². The molecule has 5 aromatic rings. The first kappa shape index (κ1) is 28.1. The Kier molecular flexibility index (Phi) is 7.89. The van der Waals surface area contributed by atoms with Gasteiger partial charge in [0, 0.05) is 6.42 Å². The van der Waals surface area contributed by atoms with E-state index >= 15 is 0 Å². The molecule has 9 nitrogen and oxygen atoms in total. The smallest absolute Gasteiger partial charge is 0.339 e. The van der Waals surface area contributed by atoms with Crippen LogP contribution in [0.3, 0.4) is 0 Å². The molecule has 43 heavy (non-hydrogen) atoms. The van der Waals surface area contributed by atoms with E-state index in [1.807, 2.05) is 43.3 Å². The molecule has 3 heterocycles. The van der Waals surface area contributed by atoms with Crippen LogP contribution in [0.2, 0.25) is 0 Å². The fraction of sp³-hybridized carbons (Fsp3) is 0.235. The monoisotopic (exact) mass is 572 g/mol. The maximum Gasteiger partial charge on any atom is 0.339 e. The molecule has 0 aliphatic carbocycles. The lowest BCUT2D eigenvalue weighted by molar-refractivity contribution is 0.0599. The highest BCUT2D eigenvalue weighted by Gasteiger charge is 2.18. The Hall–Kier alpha value is -5.02. The summed E-state index contributed by atoms with van der Waals surface area (Å²) in [5, 5.41) is 6.47. The topological polar surface area (TPSA) is 98.7 Å². The van der Waals surface area contributed by atoms with E-state index in [1.165, 1.54) is 7.11 Å². The van der Waals surface area contributed by atoms with Crippen LogP contribution >= 0.6 is 0 Å². The maximum atomic E-state index is 12.3. The molecule has 0 saturated carbocycles. The Balaban J connectivity index is 1.30. The number of fused-ring (bicyclic) bond motifs is 1. The van der Waals surface area contributed by atoms with Gasteiger partial charge in [0.15, 0.2) is 5.65 Å². The molecular weight excluding hydrogens is 538 g/mol. The van der Waals surface area contributed by atoms with Crippen molar-refractivity contribution in [3.05, 3.63) is 118 Å². The number of unbranched alkanes of at least 4 members (excludes halogenated alkanes) is 1. The van der Waals surface area contributed by atoms with Gasteiger partial charge in [-0.3, -0.25) is 5.12 Å². The summed E-state index contributed by atoms with van der Waals surface area (Å²) in [4.78, 5) is 21.9. The van der Waals surface area contributed by atoms with Crippen LogP contribution in [0.1, 0.15) is 58.3 Å². The number of para-hydroxylation sites is 1. The summed E-state index contributed by atoms with van der Waals surface area (Å²) < 4.78 is 7.12. The summed E-state index contributed by atoms with van der Waals surface area (Å²) in [5.74, 6) is 1.19. The first-order valence-corrected chi connectivity index (χ1v) is 14.5. The average molecular weight is 573 g/mol. The number of pyridine rings is 1. The number of rotatable bonds is 9. The number of anilines is 1. The van der Waals surface area contributed by atoms with Crippen LogP contribution in [-0.2, 0) is 17.7 Å². The molecular formula is C34H34N7O2-. The van der Waals surface area contributed by atoms with E-state index in [0.29, 0.717) is 29.2 Å². The number of esters is 1. The first-order chi connectivity index (χ1) is 21.0. The first-order valence-electron chi connectivity index (χ1n) is 14.5. The predicted octanol–water partition coefficient (Wildman–Crippen LogP) is 6.87. The normalized spacial score (nSPS) is 12.8. The third-order valence-electron chi connectivity index (χ3n) is 7.71. The van der Waals surface area contributed by atoms with Crippen LogP contribution < -0.4 is 10.7 Å². The number of methoxy groups -OCH3 is 1. The number of aryl methyl sites for hydroxylation is 3. The van der Waals surface area contributed by atoms with E-state index in [1.54, 1.807) is 11.2 Å². The van der Waals surface area contributed by atoms with Crippen molar-refractivity contribution in [2.75, 3.05) is 12.2 Å². The highest BCUT2D eigenvalue weighted by atomic mass is 16.5. The second-order valence-electron chi connectivity index (χ2n) is 10.6. The van der Waals surface area contributed by atoms with Crippen LogP contribution in [-0.4, -0.2) is 33.4 Å². The Morgan fingerprint density at radius 2 is 1.70 bits per heavy atom. The van der Waals surface area contributed by atoms with Gasteiger partial charge in [-0.05, 0) is 66.1 Å². The number of carbonyl (C=O) groups is 1. The number of hydrazine groups is 1. The van der Waals surface area contributed by atoms with Gasteiger partial charge in [0.05, 0.1) is 30.6 Å². The van der Waals surface area contributed by atoms with Gasteiger partial charge in [0.2, 0.25) is 0 Å². The van der Waals surface area contributed by atoms with Gasteiger partial charge in [0.25, 0.3) is 0 Å². The predicted molar refractivity (Wildman–Crippen MR) is 170 cm³/mol. The number of hydrogen-bond donors (Lipinski definition) is 1. The second kappa shape index (κ2) is 12.1. The molecule has 1 aliphatic rings. The van der Waals surface area contributed by atoms with Gasteiger partial charge in [0.1, 0.15) is 11.3 Å². The van der Waals surface area contributed by atoms with Gasteiger partial charge in [-0.2, -0.15) is 0 Å². The van der Waals surface area contributed by atoms with Crippen molar-refractivity contribution in [2.45, 2.75) is 46.6 Å². The number of aromatic nitrogens is 3. The van der Waals surface area contributed by atoms with Crippen molar-refractivity contribution in [3.63, 3.8) is 0 Å². The Bertz CT molecular complexity index is 1830. The Morgan fingerprint density at radius 1 is 0.953 bits per heavy atom. The van der Waals surface area contributed by atoms with E-state index in [4.69, 9.17) is 19.8 Å². The zero-order chi connectivity index (χ0) is 29.9. The van der Waals surface area contributed by atoms with Gasteiger partial charge in [-0.15, -0.1) is 0 Å². The number of amidine groups is 1. The van der Waals surface area contributed by atoms with E-state index in [9.17, 15) is 4.79 Å².